The van der Waals surface area contributed by atoms with E-state index in [9.17, 15) is 8.42 Å². The number of aryl methyl sites for hydroxylation is 2. The quantitative estimate of drug-likeness (QED) is 0.841. The van der Waals surface area contributed by atoms with Gasteiger partial charge in [0.15, 0.2) is 10.2 Å². The third-order valence-electron chi connectivity index (χ3n) is 2.61. The van der Waals surface area contributed by atoms with Crippen molar-refractivity contribution in [3.8, 4) is 0 Å². The molecule has 2 heterocycles. The Morgan fingerprint density at radius 1 is 1.40 bits per heavy atom. The van der Waals surface area contributed by atoms with Crippen LogP contribution in [0, 0.1) is 6.92 Å². The number of anilines is 1. The molecule has 0 unspecified atom stereocenters. The van der Waals surface area contributed by atoms with Gasteiger partial charge in [0.05, 0.1) is 11.9 Å². The van der Waals surface area contributed by atoms with E-state index in [0.717, 1.165) is 0 Å². The molecule has 2 aromatic heterocycles. The molecule has 2 aromatic rings. The molecule has 108 valence electrons. The van der Waals surface area contributed by atoms with Crippen molar-refractivity contribution in [1.82, 2.24) is 15.0 Å². The second-order valence-electron chi connectivity index (χ2n) is 4.08. The van der Waals surface area contributed by atoms with Crippen LogP contribution in [0.5, 0.6) is 0 Å². The summed E-state index contributed by atoms with van der Waals surface area (Å²) < 4.78 is 26.8. The van der Waals surface area contributed by atoms with Gasteiger partial charge in [0.2, 0.25) is 0 Å². The Morgan fingerprint density at radius 3 is 2.65 bits per heavy atom. The normalized spacial score (nSPS) is 11.6. The zero-order chi connectivity index (χ0) is 14.9. The minimum absolute atomic E-state index is 0.00574. The molecule has 0 aliphatic heterocycles. The highest BCUT2D eigenvalue weighted by molar-refractivity contribution is 7.92. The number of pyridine rings is 1. The molecule has 0 radical (unpaired) electrons. The van der Waals surface area contributed by atoms with Crippen molar-refractivity contribution < 1.29 is 8.42 Å². The second kappa shape index (κ2) is 5.59. The topological polar surface area (TPSA) is 87.7 Å². The number of imidazole rings is 1. The molecule has 0 saturated carbocycles. The zero-order valence-electron chi connectivity index (χ0n) is 10.7. The summed E-state index contributed by atoms with van der Waals surface area (Å²) in [6, 6.07) is 1.52. The van der Waals surface area contributed by atoms with E-state index in [1.54, 1.807) is 6.92 Å². The van der Waals surface area contributed by atoms with Gasteiger partial charge < -0.3 is 4.98 Å². The van der Waals surface area contributed by atoms with Crippen LogP contribution in [0.4, 0.5) is 5.69 Å². The van der Waals surface area contributed by atoms with Crippen LogP contribution in [0.1, 0.15) is 18.3 Å². The Morgan fingerprint density at radius 2 is 2.10 bits per heavy atom. The monoisotopic (exact) mass is 334 g/mol. The van der Waals surface area contributed by atoms with Crippen molar-refractivity contribution in [2.24, 2.45) is 0 Å². The number of nitrogens with zero attached hydrogens (tertiary/aromatic N) is 2. The molecular formula is C11H12Cl2N4O2S. The maximum Gasteiger partial charge on any atom is 0.279 e. The summed E-state index contributed by atoms with van der Waals surface area (Å²) in [6.45, 7) is 3.55. The van der Waals surface area contributed by atoms with Gasteiger partial charge in [0.1, 0.15) is 11.0 Å². The van der Waals surface area contributed by atoms with E-state index in [2.05, 4.69) is 19.7 Å². The lowest BCUT2D eigenvalue weighted by atomic mass is 10.3. The van der Waals surface area contributed by atoms with Crippen LogP contribution in [0.3, 0.4) is 0 Å². The Bertz CT molecular complexity index is 720. The van der Waals surface area contributed by atoms with Crippen molar-refractivity contribution in [1.29, 1.82) is 0 Å². The van der Waals surface area contributed by atoms with Crippen molar-refractivity contribution in [2.45, 2.75) is 25.3 Å². The molecule has 0 aliphatic rings. The summed E-state index contributed by atoms with van der Waals surface area (Å²) in [7, 11) is -3.80. The smallest absolute Gasteiger partial charge is 0.279 e. The molecule has 0 fully saturated rings. The molecule has 0 amide bonds. The molecule has 0 bridgehead atoms. The fourth-order valence-corrected chi connectivity index (χ4v) is 3.28. The lowest BCUT2D eigenvalue weighted by Gasteiger charge is -2.10. The first-order chi connectivity index (χ1) is 9.33. The largest absolute Gasteiger partial charge is 0.332 e. The molecular weight excluding hydrogens is 323 g/mol. The Labute approximate surface area is 126 Å². The van der Waals surface area contributed by atoms with Gasteiger partial charge in [0.25, 0.3) is 10.0 Å². The van der Waals surface area contributed by atoms with E-state index < -0.39 is 10.0 Å². The minimum Gasteiger partial charge on any atom is -0.332 e. The summed E-state index contributed by atoms with van der Waals surface area (Å²) >= 11 is 11.7. The van der Waals surface area contributed by atoms with Crippen LogP contribution in [-0.2, 0) is 16.4 Å². The van der Waals surface area contributed by atoms with Gasteiger partial charge in [-0.05, 0) is 18.6 Å². The van der Waals surface area contributed by atoms with Gasteiger partial charge in [0, 0.05) is 6.42 Å². The summed E-state index contributed by atoms with van der Waals surface area (Å²) in [6.07, 6.45) is 1.87. The maximum absolute atomic E-state index is 12.2. The molecule has 9 heteroatoms. The predicted octanol–water partition coefficient (Wildman–Crippen LogP) is 2.78. The third kappa shape index (κ3) is 3.05. The highest BCUT2D eigenvalue weighted by atomic mass is 35.5. The van der Waals surface area contributed by atoms with Crippen molar-refractivity contribution in [3.05, 3.63) is 34.0 Å². The van der Waals surface area contributed by atoms with Crippen LogP contribution in [0.2, 0.25) is 10.3 Å². The SMILES string of the molecule is CCc1ncc(S(=O)(=O)Nc2c(C)cc(Cl)nc2Cl)[nH]1. The summed E-state index contributed by atoms with van der Waals surface area (Å²) in [5.41, 5.74) is 0.775. The van der Waals surface area contributed by atoms with Crippen molar-refractivity contribution in [2.75, 3.05) is 4.72 Å². The summed E-state index contributed by atoms with van der Waals surface area (Å²) in [5.74, 6) is 0.586. The van der Waals surface area contributed by atoms with Crippen LogP contribution in [-0.4, -0.2) is 23.4 Å². The Balaban J connectivity index is 2.38. The van der Waals surface area contributed by atoms with E-state index in [0.29, 0.717) is 17.8 Å². The fraction of sp³-hybridized carbons (Fsp3) is 0.273. The van der Waals surface area contributed by atoms with Gasteiger partial charge in [-0.3, -0.25) is 4.72 Å². The number of hydrogen-bond acceptors (Lipinski definition) is 4. The number of aromatic amines is 1. The molecule has 0 saturated heterocycles. The molecule has 0 aliphatic carbocycles. The number of sulfonamides is 1. The number of nitrogens with one attached hydrogen (secondary N) is 2. The average Bonchev–Trinajstić information content (AvgIpc) is 2.83. The predicted molar refractivity (Wildman–Crippen MR) is 77.8 cm³/mol. The number of rotatable bonds is 4. The van der Waals surface area contributed by atoms with Gasteiger partial charge in [-0.2, -0.15) is 8.42 Å². The Kier molecular flexibility index (Phi) is 4.22. The second-order valence-corrected chi connectivity index (χ2v) is 6.48. The van der Waals surface area contributed by atoms with E-state index in [1.807, 2.05) is 6.92 Å². The zero-order valence-corrected chi connectivity index (χ0v) is 13.1. The van der Waals surface area contributed by atoms with Crippen molar-refractivity contribution >= 4 is 38.9 Å². The molecule has 0 atom stereocenters. The first-order valence-electron chi connectivity index (χ1n) is 5.73. The van der Waals surface area contributed by atoms with E-state index in [-0.39, 0.29) is 21.0 Å². The lowest BCUT2D eigenvalue weighted by Crippen LogP contribution is -2.15. The first-order valence-corrected chi connectivity index (χ1v) is 7.96. The van der Waals surface area contributed by atoms with E-state index in [4.69, 9.17) is 23.2 Å². The van der Waals surface area contributed by atoms with Crippen LogP contribution >= 0.6 is 23.2 Å². The molecule has 2 N–H and O–H groups in total. The number of halogens is 2. The van der Waals surface area contributed by atoms with Crippen LogP contribution in [0.15, 0.2) is 17.3 Å². The van der Waals surface area contributed by atoms with Gasteiger partial charge >= 0.3 is 0 Å². The molecule has 2 rings (SSSR count). The van der Waals surface area contributed by atoms with Gasteiger partial charge in [-0.15, -0.1) is 0 Å². The summed E-state index contributed by atoms with van der Waals surface area (Å²) in [4.78, 5) is 10.5. The highest BCUT2D eigenvalue weighted by Gasteiger charge is 2.20. The van der Waals surface area contributed by atoms with Crippen LogP contribution in [0.25, 0.3) is 0 Å². The minimum atomic E-state index is -3.80. The third-order valence-corrected chi connectivity index (χ3v) is 4.33. The molecule has 0 aromatic carbocycles. The lowest BCUT2D eigenvalue weighted by molar-refractivity contribution is 0.598. The van der Waals surface area contributed by atoms with E-state index in [1.165, 1.54) is 12.3 Å². The molecule has 0 spiro atoms. The van der Waals surface area contributed by atoms with Crippen molar-refractivity contribution in [3.63, 3.8) is 0 Å². The first kappa shape index (κ1) is 15.1. The number of aromatic nitrogens is 3. The standard InChI is InChI=1S/C11H12Cl2N4O2S/c1-3-8-14-5-9(16-8)20(18,19)17-10-6(2)4-7(12)15-11(10)13/h4-5,17H,3H2,1-2H3,(H,14,16). The Hall–Kier alpha value is -1.31. The maximum atomic E-state index is 12.2. The average molecular weight is 335 g/mol. The summed E-state index contributed by atoms with van der Waals surface area (Å²) in [5, 5.41) is 0.166. The number of H-pyrrole nitrogens is 1. The van der Waals surface area contributed by atoms with Gasteiger partial charge in [-0.1, -0.05) is 30.1 Å². The van der Waals surface area contributed by atoms with E-state index >= 15 is 0 Å². The molecule has 20 heavy (non-hydrogen) atoms. The highest BCUT2D eigenvalue weighted by Crippen LogP contribution is 2.28. The van der Waals surface area contributed by atoms with Crippen LogP contribution < -0.4 is 4.72 Å². The number of hydrogen-bond donors (Lipinski definition) is 2. The molecule has 6 nitrogen and oxygen atoms in total. The van der Waals surface area contributed by atoms with Gasteiger partial charge in [-0.25, -0.2) is 9.97 Å². The fourth-order valence-electron chi connectivity index (χ4n) is 1.57.